The molecule has 1 atom stereocenters. The highest BCUT2D eigenvalue weighted by Crippen LogP contribution is 2.36. The second kappa shape index (κ2) is 5.24. The van der Waals surface area contributed by atoms with Crippen LogP contribution in [0.3, 0.4) is 0 Å². The molecule has 2 aliphatic rings. The number of nitrogens with one attached hydrogen (secondary N) is 1. The molecule has 1 unspecified atom stereocenters. The molecule has 0 aromatic heterocycles. The Morgan fingerprint density at radius 3 is 2.78 bits per heavy atom. The molecule has 1 N–H and O–H groups in total. The van der Waals surface area contributed by atoms with E-state index in [1.165, 1.54) is 49.5 Å². The van der Waals surface area contributed by atoms with Crippen molar-refractivity contribution in [2.45, 2.75) is 24.3 Å². The van der Waals surface area contributed by atoms with Crippen LogP contribution in [-0.4, -0.2) is 37.3 Å². The van der Waals surface area contributed by atoms with Gasteiger partial charge in [-0.1, -0.05) is 12.1 Å². The lowest BCUT2D eigenvalue weighted by atomic mass is 9.87. The van der Waals surface area contributed by atoms with E-state index >= 15 is 0 Å². The van der Waals surface area contributed by atoms with Gasteiger partial charge in [0.05, 0.1) is 0 Å². The van der Waals surface area contributed by atoms with Gasteiger partial charge in [-0.05, 0) is 55.3 Å². The van der Waals surface area contributed by atoms with E-state index in [9.17, 15) is 0 Å². The van der Waals surface area contributed by atoms with Gasteiger partial charge in [-0.15, -0.1) is 11.8 Å². The van der Waals surface area contributed by atoms with Crippen molar-refractivity contribution in [2.24, 2.45) is 5.41 Å². The maximum Gasteiger partial charge on any atom is 0.0233 e. The first kappa shape index (κ1) is 12.5. The fourth-order valence-corrected chi connectivity index (χ4v) is 3.70. The molecule has 0 amide bonds. The van der Waals surface area contributed by atoms with Gasteiger partial charge in [0.1, 0.15) is 0 Å². The van der Waals surface area contributed by atoms with Crippen LogP contribution in [-0.2, 0) is 6.54 Å². The van der Waals surface area contributed by atoms with E-state index in [1.807, 2.05) is 11.8 Å². The Hall–Kier alpha value is -0.510. The topological polar surface area (TPSA) is 15.3 Å². The Kier molecular flexibility index (Phi) is 3.64. The molecule has 2 aliphatic heterocycles. The summed E-state index contributed by atoms with van der Waals surface area (Å²) in [6.45, 7) is 6.12. The van der Waals surface area contributed by atoms with Crippen molar-refractivity contribution in [3.8, 4) is 0 Å². The summed E-state index contributed by atoms with van der Waals surface area (Å²) in [6, 6.07) is 9.04. The van der Waals surface area contributed by atoms with Crippen LogP contribution in [0.5, 0.6) is 0 Å². The minimum Gasteiger partial charge on any atom is -0.316 e. The van der Waals surface area contributed by atoms with Crippen molar-refractivity contribution in [3.63, 3.8) is 0 Å². The van der Waals surface area contributed by atoms with Crippen molar-refractivity contribution in [3.05, 3.63) is 29.8 Å². The molecular formula is C15H22N2S. The largest absolute Gasteiger partial charge is 0.316 e. The molecule has 2 saturated heterocycles. The molecule has 1 aromatic rings. The van der Waals surface area contributed by atoms with Crippen LogP contribution < -0.4 is 5.32 Å². The van der Waals surface area contributed by atoms with Gasteiger partial charge in [0.15, 0.2) is 0 Å². The fraction of sp³-hybridized carbons (Fsp3) is 0.600. The summed E-state index contributed by atoms with van der Waals surface area (Å²) < 4.78 is 0. The third kappa shape index (κ3) is 2.58. The van der Waals surface area contributed by atoms with Crippen molar-refractivity contribution in [1.82, 2.24) is 10.2 Å². The minimum absolute atomic E-state index is 0.596. The van der Waals surface area contributed by atoms with Crippen molar-refractivity contribution >= 4 is 11.8 Å². The van der Waals surface area contributed by atoms with E-state index in [0.29, 0.717) is 5.41 Å². The van der Waals surface area contributed by atoms with Crippen LogP contribution in [0.1, 0.15) is 18.4 Å². The maximum absolute atomic E-state index is 3.53. The number of hydrogen-bond donors (Lipinski definition) is 1. The third-order valence-corrected chi connectivity index (χ3v) is 5.16. The van der Waals surface area contributed by atoms with E-state index in [0.717, 1.165) is 6.54 Å². The number of likely N-dealkylation sites (tertiary alicyclic amines) is 1. The van der Waals surface area contributed by atoms with Gasteiger partial charge in [-0.2, -0.15) is 0 Å². The normalized spacial score (nSPS) is 28.3. The quantitative estimate of drug-likeness (QED) is 0.843. The van der Waals surface area contributed by atoms with Crippen molar-refractivity contribution in [2.75, 3.05) is 32.4 Å². The zero-order chi connectivity index (χ0) is 12.4. The predicted octanol–water partition coefficient (Wildman–Crippen LogP) is 2.59. The first-order valence-corrected chi connectivity index (χ1v) is 8.08. The highest BCUT2D eigenvalue weighted by molar-refractivity contribution is 7.98. The molecular weight excluding hydrogens is 240 g/mol. The lowest BCUT2D eigenvalue weighted by Gasteiger charge is -2.22. The van der Waals surface area contributed by atoms with Gasteiger partial charge >= 0.3 is 0 Å². The molecule has 0 radical (unpaired) electrons. The average Bonchev–Trinajstić information content (AvgIpc) is 3.02. The highest BCUT2D eigenvalue weighted by atomic mass is 32.2. The zero-order valence-corrected chi connectivity index (χ0v) is 11.9. The van der Waals surface area contributed by atoms with Gasteiger partial charge in [-0.3, -0.25) is 4.90 Å². The fourth-order valence-electron chi connectivity index (χ4n) is 3.30. The summed E-state index contributed by atoms with van der Waals surface area (Å²) in [5.74, 6) is 0. The van der Waals surface area contributed by atoms with Gasteiger partial charge in [-0.25, -0.2) is 0 Å². The summed E-state index contributed by atoms with van der Waals surface area (Å²) in [7, 11) is 0. The van der Waals surface area contributed by atoms with Crippen molar-refractivity contribution in [1.29, 1.82) is 0 Å². The molecule has 18 heavy (non-hydrogen) atoms. The standard InChI is InChI=1S/C15H22N2S/c1-18-14-4-2-13(3-5-14)10-17-9-7-15(12-17)6-8-16-11-15/h2-5,16H,6-12H2,1H3. The van der Waals surface area contributed by atoms with E-state index in [1.54, 1.807) is 0 Å². The van der Waals surface area contributed by atoms with Crippen molar-refractivity contribution < 1.29 is 0 Å². The molecule has 0 aliphatic carbocycles. The van der Waals surface area contributed by atoms with Gasteiger partial charge in [0.25, 0.3) is 0 Å². The second-order valence-corrected chi connectivity index (χ2v) is 6.62. The molecule has 98 valence electrons. The lowest BCUT2D eigenvalue weighted by molar-refractivity contribution is 0.268. The SMILES string of the molecule is CSc1ccc(CN2CCC3(CCNC3)C2)cc1. The second-order valence-electron chi connectivity index (χ2n) is 5.74. The molecule has 1 aromatic carbocycles. The molecule has 3 heteroatoms. The average molecular weight is 262 g/mol. The van der Waals surface area contributed by atoms with Crippen LogP contribution in [0.2, 0.25) is 0 Å². The monoisotopic (exact) mass is 262 g/mol. The van der Waals surface area contributed by atoms with Gasteiger partial charge in [0.2, 0.25) is 0 Å². The van der Waals surface area contributed by atoms with Crippen LogP contribution in [0.15, 0.2) is 29.2 Å². The highest BCUT2D eigenvalue weighted by Gasteiger charge is 2.39. The molecule has 0 bridgehead atoms. The predicted molar refractivity (Wildman–Crippen MR) is 78.0 cm³/mol. The number of rotatable bonds is 3. The molecule has 0 saturated carbocycles. The Morgan fingerprint density at radius 2 is 2.11 bits per heavy atom. The Balaban J connectivity index is 1.60. The smallest absolute Gasteiger partial charge is 0.0233 e. The Bertz CT molecular complexity index is 395. The van der Waals surface area contributed by atoms with Crippen LogP contribution in [0.4, 0.5) is 0 Å². The number of benzene rings is 1. The molecule has 1 spiro atoms. The summed E-state index contributed by atoms with van der Waals surface area (Å²) >= 11 is 1.81. The molecule has 2 fully saturated rings. The van der Waals surface area contributed by atoms with Gasteiger partial charge < -0.3 is 5.32 Å². The molecule has 2 heterocycles. The summed E-state index contributed by atoms with van der Waals surface area (Å²) in [5, 5.41) is 3.53. The maximum atomic E-state index is 3.53. The Labute approximate surface area is 114 Å². The van der Waals surface area contributed by atoms with E-state index < -0.39 is 0 Å². The summed E-state index contributed by atoms with van der Waals surface area (Å²) in [5.41, 5.74) is 2.05. The molecule has 3 rings (SSSR count). The number of hydrogen-bond acceptors (Lipinski definition) is 3. The summed E-state index contributed by atoms with van der Waals surface area (Å²) in [6.07, 6.45) is 4.88. The number of nitrogens with zero attached hydrogens (tertiary/aromatic N) is 1. The Morgan fingerprint density at radius 1 is 1.28 bits per heavy atom. The van der Waals surface area contributed by atoms with E-state index in [-0.39, 0.29) is 0 Å². The minimum atomic E-state index is 0.596. The first-order valence-electron chi connectivity index (χ1n) is 6.86. The third-order valence-electron chi connectivity index (χ3n) is 4.41. The lowest BCUT2D eigenvalue weighted by Crippen LogP contribution is -2.28. The van der Waals surface area contributed by atoms with E-state index in [2.05, 4.69) is 40.7 Å². The van der Waals surface area contributed by atoms with Crippen LogP contribution in [0.25, 0.3) is 0 Å². The summed E-state index contributed by atoms with van der Waals surface area (Å²) in [4.78, 5) is 3.98. The van der Waals surface area contributed by atoms with Crippen LogP contribution >= 0.6 is 11.8 Å². The first-order chi connectivity index (χ1) is 8.80. The zero-order valence-electron chi connectivity index (χ0n) is 11.1. The molecule has 2 nitrogen and oxygen atoms in total. The van der Waals surface area contributed by atoms with E-state index in [4.69, 9.17) is 0 Å². The van der Waals surface area contributed by atoms with Crippen LogP contribution in [0, 0.1) is 5.41 Å². The van der Waals surface area contributed by atoms with Gasteiger partial charge in [0, 0.05) is 24.5 Å². The number of thioether (sulfide) groups is 1.